The van der Waals surface area contributed by atoms with E-state index in [9.17, 15) is 5.11 Å². The van der Waals surface area contributed by atoms with Crippen LogP contribution in [0.2, 0.25) is 0 Å². The third-order valence-electron chi connectivity index (χ3n) is 4.35. The van der Waals surface area contributed by atoms with Gasteiger partial charge in [-0.25, -0.2) is 0 Å². The molecule has 2 heteroatoms. The van der Waals surface area contributed by atoms with Crippen molar-refractivity contribution >= 4 is 0 Å². The average molecular weight is 260 g/mol. The van der Waals surface area contributed by atoms with Crippen molar-refractivity contribution in [2.45, 2.75) is 63.6 Å². The van der Waals surface area contributed by atoms with Crippen LogP contribution in [0.1, 0.15) is 63.0 Å². The number of hydrogen-bond acceptors (Lipinski definition) is 2. The SMILES string of the molecule is OC(CC1CCCCC1)c1cccc(OC2CC2)c1. The molecule has 2 nitrogen and oxygen atoms in total. The lowest BCUT2D eigenvalue weighted by Crippen LogP contribution is -2.11. The van der Waals surface area contributed by atoms with Crippen molar-refractivity contribution in [3.05, 3.63) is 29.8 Å². The first kappa shape index (κ1) is 13.0. The van der Waals surface area contributed by atoms with Gasteiger partial charge in [-0.1, -0.05) is 44.2 Å². The molecule has 0 heterocycles. The highest BCUT2D eigenvalue weighted by Gasteiger charge is 2.24. The predicted molar refractivity (Wildman–Crippen MR) is 76.2 cm³/mol. The lowest BCUT2D eigenvalue weighted by atomic mass is 9.84. The molecule has 0 saturated heterocycles. The van der Waals surface area contributed by atoms with Gasteiger partial charge in [0.1, 0.15) is 5.75 Å². The van der Waals surface area contributed by atoms with E-state index in [-0.39, 0.29) is 6.10 Å². The highest BCUT2D eigenvalue weighted by molar-refractivity contribution is 5.30. The smallest absolute Gasteiger partial charge is 0.120 e. The van der Waals surface area contributed by atoms with Gasteiger partial charge >= 0.3 is 0 Å². The molecule has 1 unspecified atom stereocenters. The fourth-order valence-electron chi connectivity index (χ4n) is 3.05. The molecule has 0 spiro atoms. The largest absolute Gasteiger partial charge is 0.490 e. The number of aliphatic hydroxyl groups excluding tert-OH is 1. The lowest BCUT2D eigenvalue weighted by Gasteiger charge is -2.24. The van der Waals surface area contributed by atoms with Crippen molar-refractivity contribution in [1.29, 1.82) is 0 Å². The highest BCUT2D eigenvalue weighted by Crippen LogP contribution is 2.33. The molecule has 3 rings (SSSR count). The van der Waals surface area contributed by atoms with Gasteiger partial charge in [0, 0.05) is 0 Å². The van der Waals surface area contributed by atoms with Crippen molar-refractivity contribution < 1.29 is 9.84 Å². The van der Waals surface area contributed by atoms with Crippen molar-refractivity contribution in [2.24, 2.45) is 5.92 Å². The number of aliphatic hydroxyl groups is 1. The van der Waals surface area contributed by atoms with E-state index in [1.54, 1.807) is 0 Å². The Morgan fingerprint density at radius 2 is 1.89 bits per heavy atom. The van der Waals surface area contributed by atoms with E-state index in [4.69, 9.17) is 4.74 Å². The van der Waals surface area contributed by atoms with Crippen molar-refractivity contribution in [1.82, 2.24) is 0 Å². The first-order valence-corrected chi connectivity index (χ1v) is 7.76. The minimum atomic E-state index is -0.328. The molecule has 0 aliphatic heterocycles. The Balaban J connectivity index is 1.59. The number of ether oxygens (including phenoxy) is 1. The second-order valence-corrected chi connectivity index (χ2v) is 6.15. The Kier molecular flexibility index (Phi) is 4.07. The van der Waals surface area contributed by atoms with Gasteiger partial charge in [-0.2, -0.15) is 0 Å². The zero-order chi connectivity index (χ0) is 13.1. The maximum absolute atomic E-state index is 10.4. The van der Waals surface area contributed by atoms with E-state index in [0.717, 1.165) is 17.7 Å². The van der Waals surface area contributed by atoms with Gasteiger partial charge in [0.2, 0.25) is 0 Å². The zero-order valence-corrected chi connectivity index (χ0v) is 11.6. The molecule has 2 fully saturated rings. The van der Waals surface area contributed by atoms with Gasteiger partial charge in [-0.15, -0.1) is 0 Å². The van der Waals surface area contributed by atoms with E-state index < -0.39 is 0 Å². The molecular weight excluding hydrogens is 236 g/mol. The van der Waals surface area contributed by atoms with Crippen molar-refractivity contribution in [3.63, 3.8) is 0 Å². The quantitative estimate of drug-likeness (QED) is 0.858. The Bertz CT molecular complexity index is 405. The Hall–Kier alpha value is -1.02. The lowest BCUT2D eigenvalue weighted by molar-refractivity contribution is 0.131. The van der Waals surface area contributed by atoms with E-state index >= 15 is 0 Å². The Morgan fingerprint density at radius 1 is 1.11 bits per heavy atom. The van der Waals surface area contributed by atoms with Gasteiger partial charge in [0.05, 0.1) is 12.2 Å². The molecule has 1 aromatic rings. The van der Waals surface area contributed by atoms with Crippen LogP contribution in [0.3, 0.4) is 0 Å². The highest BCUT2D eigenvalue weighted by atomic mass is 16.5. The van der Waals surface area contributed by atoms with Crippen LogP contribution in [0.5, 0.6) is 5.75 Å². The van der Waals surface area contributed by atoms with Crippen LogP contribution in [0.25, 0.3) is 0 Å². The summed E-state index contributed by atoms with van der Waals surface area (Å²) in [7, 11) is 0. The summed E-state index contributed by atoms with van der Waals surface area (Å²) in [4.78, 5) is 0. The molecule has 19 heavy (non-hydrogen) atoms. The summed E-state index contributed by atoms with van der Waals surface area (Å²) < 4.78 is 5.79. The summed E-state index contributed by atoms with van der Waals surface area (Å²) in [6.07, 6.45) is 9.97. The number of hydrogen-bond donors (Lipinski definition) is 1. The fraction of sp³-hybridized carbons (Fsp3) is 0.647. The minimum Gasteiger partial charge on any atom is -0.490 e. The average Bonchev–Trinajstić information content (AvgIpc) is 3.24. The first-order chi connectivity index (χ1) is 9.31. The van der Waals surface area contributed by atoms with Gasteiger partial charge in [0.25, 0.3) is 0 Å². The topological polar surface area (TPSA) is 29.5 Å². The summed E-state index contributed by atoms with van der Waals surface area (Å²) in [6, 6.07) is 8.03. The second-order valence-electron chi connectivity index (χ2n) is 6.15. The van der Waals surface area contributed by atoms with Gasteiger partial charge in [0.15, 0.2) is 0 Å². The normalized spacial score (nSPS) is 22.2. The molecule has 0 bridgehead atoms. The third kappa shape index (κ3) is 3.73. The van der Waals surface area contributed by atoms with Crippen LogP contribution >= 0.6 is 0 Å². The number of benzene rings is 1. The first-order valence-electron chi connectivity index (χ1n) is 7.76. The summed E-state index contributed by atoms with van der Waals surface area (Å²) in [5.41, 5.74) is 1.02. The van der Waals surface area contributed by atoms with Crippen LogP contribution in [0, 0.1) is 5.92 Å². The maximum Gasteiger partial charge on any atom is 0.120 e. The second kappa shape index (κ2) is 5.96. The predicted octanol–water partition coefficient (Wildman–Crippen LogP) is 4.23. The van der Waals surface area contributed by atoms with Crippen LogP contribution in [-0.4, -0.2) is 11.2 Å². The Morgan fingerprint density at radius 3 is 2.63 bits per heavy atom. The van der Waals surface area contributed by atoms with Gasteiger partial charge in [-0.05, 0) is 42.9 Å². The molecule has 1 N–H and O–H groups in total. The molecule has 1 aromatic carbocycles. The molecule has 1 atom stereocenters. The van der Waals surface area contributed by atoms with E-state index in [1.807, 2.05) is 24.3 Å². The van der Waals surface area contributed by atoms with Crippen LogP contribution in [-0.2, 0) is 0 Å². The molecule has 2 aliphatic carbocycles. The van der Waals surface area contributed by atoms with Crippen molar-refractivity contribution in [2.75, 3.05) is 0 Å². The Labute approximate surface area is 115 Å². The molecular formula is C17H24O2. The summed E-state index contributed by atoms with van der Waals surface area (Å²) in [6.45, 7) is 0. The van der Waals surface area contributed by atoms with E-state index in [0.29, 0.717) is 12.0 Å². The monoisotopic (exact) mass is 260 g/mol. The van der Waals surface area contributed by atoms with Crippen LogP contribution in [0.15, 0.2) is 24.3 Å². The molecule has 0 aromatic heterocycles. The van der Waals surface area contributed by atoms with E-state index in [1.165, 1.54) is 44.9 Å². The third-order valence-corrected chi connectivity index (χ3v) is 4.35. The molecule has 2 saturated carbocycles. The van der Waals surface area contributed by atoms with Crippen molar-refractivity contribution in [3.8, 4) is 5.75 Å². The molecule has 2 aliphatic rings. The fourth-order valence-corrected chi connectivity index (χ4v) is 3.05. The minimum absolute atomic E-state index is 0.328. The maximum atomic E-state index is 10.4. The number of rotatable bonds is 5. The van der Waals surface area contributed by atoms with Gasteiger partial charge in [-0.3, -0.25) is 0 Å². The molecule has 104 valence electrons. The van der Waals surface area contributed by atoms with Crippen LogP contribution in [0.4, 0.5) is 0 Å². The summed E-state index contributed by atoms with van der Waals surface area (Å²) >= 11 is 0. The summed E-state index contributed by atoms with van der Waals surface area (Å²) in [5.74, 6) is 1.62. The van der Waals surface area contributed by atoms with Gasteiger partial charge < -0.3 is 9.84 Å². The zero-order valence-electron chi connectivity index (χ0n) is 11.6. The molecule has 0 radical (unpaired) electrons. The molecule has 0 amide bonds. The summed E-state index contributed by atoms with van der Waals surface area (Å²) in [5, 5.41) is 10.4. The van der Waals surface area contributed by atoms with Crippen LogP contribution < -0.4 is 4.74 Å². The standard InChI is InChI=1S/C17H24O2/c18-17(11-13-5-2-1-3-6-13)14-7-4-8-16(12-14)19-15-9-10-15/h4,7-8,12-13,15,17-18H,1-3,5-6,9-11H2. The van der Waals surface area contributed by atoms with E-state index in [2.05, 4.69) is 0 Å².